The number of ether oxygens (including phenoxy) is 2. The number of phosphoric ester groups is 1. The van der Waals surface area contributed by atoms with E-state index in [4.69, 9.17) is 19.1 Å². The first-order valence-electron chi connectivity index (χ1n) is 17.5. The van der Waals surface area contributed by atoms with Crippen LogP contribution in [0.5, 0.6) is 0 Å². The van der Waals surface area contributed by atoms with Crippen LogP contribution < -0.4 is 0 Å². The lowest BCUT2D eigenvalue weighted by Gasteiger charge is -2.20. The van der Waals surface area contributed by atoms with Gasteiger partial charge < -0.3 is 24.6 Å². The molecule has 44 heavy (non-hydrogen) atoms. The van der Waals surface area contributed by atoms with Crippen molar-refractivity contribution in [2.45, 2.75) is 174 Å². The first-order chi connectivity index (χ1) is 21.2. The summed E-state index contributed by atoms with van der Waals surface area (Å²) in [5.74, 6) is -0.945. The average Bonchev–Trinajstić information content (AvgIpc) is 3.00. The molecule has 0 aromatic rings. The molecule has 0 heterocycles. The summed E-state index contributed by atoms with van der Waals surface area (Å²) in [6.07, 6.45) is 23.2. The third-order valence-electron chi connectivity index (χ3n) is 7.51. The molecular formula is C33H65O10P. The molecule has 0 fully saturated rings. The van der Waals surface area contributed by atoms with Crippen molar-refractivity contribution in [3.8, 4) is 0 Å². The van der Waals surface area contributed by atoms with Gasteiger partial charge in [-0.05, 0) is 12.8 Å². The summed E-state index contributed by atoms with van der Waals surface area (Å²) in [7, 11) is -4.59. The van der Waals surface area contributed by atoms with Crippen molar-refractivity contribution in [1.29, 1.82) is 0 Å². The van der Waals surface area contributed by atoms with Gasteiger partial charge in [-0.2, -0.15) is 0 Å². The Hall–Kier alpha value is -1.03. The van der Waals surface area contributed by atoms with E-state index >= 15 is 0 Å². The van der Waals surface area contributed by atoms with Crippen molar-refractivity contribution in [2.24, 2.45) is 0 Å². The lowest BCUT2D eigenvalue weighted by Crippen LogP contribution is -2.29. The molecule has 0 bridgehead atoms. The topological polar surface area (TPSA) is 149 Å². The van der Waals surface area contributed by atoms with Gasteiger partial charge in [0, 0.05) is 12.8 Å². The minimum atomic E-state index is -4.59. The Morgan fingerprint density at radius 2 is 0.977 bits per heavy atom. The fraction of sp³-hybridized carbons (Fsp3) is 0.939. The summed E-state index contributed by atoms with van der Waals surface area (Å²) in [5, 5.41) is 18.1. The lowest BCUT2D eigenvalue weighted by atomic mass is 10.0. The maximum atomic E-state index is 12.4. The second kappa shape index (κ2) is 30.6. The molecule has 3 atom stereocenters. The highest BCUT2D eigenvalue weighted by Crippen LogP contribution is 2.43. The second-order valence-electron chi connectivity index (χ2n) is 11.9. The molecule has 3 N–H and O–H groups in total. The van der Waals surface area contributed by atoms with Crippen LogP contribution in [0.1, 0.15) is 162 Å². The van der Waals surface area contributed by atoms with Gasteiger partial charge in [-0.1, -0.05) is 136 Å². The molecule has 10 nitrogen and oxygen atoms in total. The van der Waals surface area contributed by atoms with E-state index in [1.807, 2.05) is 6.92 Å². The Morgan fingerprint density at radius 1 is 0.591 bits per heavy atom. The zero-order chi connectivity index (χ0) is 32.7. The Morgan fingerprint density at radius 3 is 1.45 bits per heavy atom. The maximum Gasteiger partial charge on any atom is 0.472 e. The number of phosphoric acid groups is 1. The van der Waals surface area contributed by atoms with Gasteiger partial charge in [0.2, 0.25) is 0 Å². The summed E-state index contributed by atoms with van der Waals surface area (Å²) < 4.78 is 32.2. The zero-order valence-electron chi connectivity index (χ0n) is 27.9. The molecule has 262 valence electrons. The minimum Gasteiger partial charge on any atom is -0.462 e. The predicted octanol–water partition coefficient (Wildman–Crippen LogP) is 7.94. The Balaban J connectivity index is 4.09. The van der Waals surface area contributed by atoms with E-state index in [1.54, 1.807) is 0 Å². The molecule has 3 unspecified atom stereocenters. The van der Waals surface area contributed by atoms with Crippen molar-refractivity contribution in [2.75, 3.05) is 26.4 Å². The van der Waals surface area contributed by atoms with Crippen molar-refractivity contribution in [3.63, 3.8) is 0 Å². The number of unbranched alkanes of at least 4 members (excludes halogenated alkanes) is 19. The fourth-order valence-electron chi connectivity index (χ4n) is 4.76. The second-order valence-corrected chi connectivity index (χ2v) is 13.4. The predicted molar refractivity (Wildman–Crippen MR) is 173 cm³/mol. The molecule has 0 rings (SSSR count). The molecule has 0 radical (unpaired) electrons. The molecule has 0 aliphatic rings. The number of aliphatic hydroxyl groups excluding tert-OH is 2. The highest BCUT2D eigenvalue weighted by atomic mass is 31.2. The van der Waals surface area contributed by atoms with E-state index in [2.05, 4.69) is 11.4 Å². The summed E-state index contributed by atoms with van der Waals surface area (Å²) in [6, 6.07) is 0. The van der Waals surface area contributed by atoms with Crippen LogP contribution in [-0.2, 0) is 32.7 Å². The number of aliphatic hydroxyl groups is 2. The average molecular weight is 653 g/mol. The van der Waals surface area contributed by atoms with E-state index < -0.39 is 51.8 Å². The van der Waals surface area contributed by atoms with Crippen LogP contribution in [0.3, 0.4) is 0 Å². The van der Waals surface area contributed by atoms with Gasteiger partial charge in [-0.3, -0.25) is 18.6 Å². The fourth-order valence-corrected chi connectivity index (χ4v) is 5.55. The van der Waals surface area contributed by atoms with Crippen molar-refractivity contribution >= 4 is 19.8 Å². The monoisotopic (exact) mass is 652 g/mol. The number of rotatable bonds is 33. The molecule has 0 saturated heterocycles. The molecule has 0 aliphatic heterocycles. The smallest absolute Gasteiger partial charge is 0.462 e. The van der Waals surface area contributed by atoms with Crippen LogP contribution in [0.2, 0.25) is 0 Å². The first kappa shape index (κ1) is 43.0. The zero-order valence-corrected chi connectivity index (χ0v) is 28.8. The number of esters is 2. The maximum absolute atomic E-state index is 12.4. The van der Waals surface area contributed by atoms with Crippen LogP contribution in [-0.4, -0.2) is 65.7 Å². The van der Waals surface area contributed by atoms with Gasteiger partial charge in [0.25, 0.3) is 0 Å². The van der Waals surface area contributed by atoms with Crippen molar-refractivity contribution in [1.82, 2.24) is 0 Å². The standard InChI is InChI=1S/C33H65O10P/c1-3-5-7-8-9-10-11-12-13-14-15-16-17-18-19-20-21-23-25-33(37)43-31(28-40-32(36)24-22-6-4-2)29-42-44(38,39)41-27-30(35)26-34/h30-31,34-35H,3-29H2,1-2H3,(H,38,39). The van der Waals surface area contributed by atoms with E-state index in [0.717, 1.165) is 32.1 Å². The van der Waals surface area contributed by atoms with Crippen LogP contribution in [0.25, 0.3) is 0 Å². The van der Waals surface area contributed by atoms with Crippen LogP contribution in [0, 0.1) is 0 Å². The van der Waals surface area contributed by atoms with Gasteiger partial charge >= 0.3 is 19.8 Å². The summed E-state index contributed by atoms with van der Waals surface area (Å²) >= 11 is 0. The third kappa shape index (κ3) is 29.7. The number of hydrogen-bond acceptors (Lipinski definition) is 9. The number of carbonyl (C=O) groups is 2. The van der Waals surface area contributed by atoms with Crippen LogP contribution in [0.4, 0.5) is 0 Å². The Labute approximate surface area is 267 Å². The molecule has 0 aromatic carbocycles. The van der Waals surface area contributed by atoms with Gasteiger partial charge in [0.05, 0.1) is 19.8 Å². The molecular weight excluding hydrogens is 587 g/mol. The Bertz CT molecular complexity index is 721. The summed E-state index contributed by atoms with van der Waals surface area (Å²) in [5.41, 5.74) is 0. The van der Waals surface area contributed by atoms with Gasteiger partial charge in [-0.15, -0.1) is 0 Å². The van der Waals surface area contributed by atoms with Gasteiger partial charge in [-0.25, -0.2) is 4.57 Å². The molecule has 0 aromatic heterocycles. The van der Waals surface area contributed by atoms with E-state index in [1.165, 1.54) is 89.9 Å². The number of carbonyl (C=O) groups excluding carboxylic acids is 2. The Kier molecular flexibility index (Phi) is 29.9. The van der Waals surface area contributed by atoms with Crippen LogP contribution >= 0.6 is 7.82 Å². The normalized spacial score (nSPS) is 14.2. The highest BCUT2D eigenvalue weighted by Gasteiger charge is 2.27. The van der Waals surface area contributed by atoms with E-state index in [9.17, 15) is 24.2 Å². The van der Waals surface area contributed by atoms with E-state index in [0.29, 0.717) is 12.8 Å². The SMILES string of the molecule is CCCCCCCCCCCCCCCCCCCCC(=O)OC(COC(=O)CCCCC)COP(=O)(O)OCC(O)CO. The van der Waals surface area contributed by atoms with Crippen molar-refractivity contribution < 1.29 is 47.8 Å². The van der Waals surface area contributed by atoms with Gasteiger partial charge in [0.1, 0.15) is 12.7 Å². The molecule has 11 heteroatoms. The first-order valence-corrected chi connectivity index (χ1v) is 19.0. The third-order valence-corrected chi connectivity index (χ3v) is 8.46. The van der Waals surface area contributed by atoms with Gasteiger partial charge in [0.15, 0.2) is 6.10 Å². The lowest BCUT2D eigenvalue weighted by molar-refractivity contribution is -0.161. The van der Waals surface area contributed by atoms with Crippen LogP contribution in [0.15, 0.2) is 0 Å². The number of hydrogen-bond donors (Lipinski definition) is 3. The highest BCUT2D eigenvalue weighted by molar-refractivity contribution is 7.47. The molecule has 0 spiro atoms. The largest absolute Gasteiger partial charge is 0.472 e. The summed E-state index contributed by atoms with van der Waals surface area (Å²) in [6.45, 7) is 2.18. The minimum absolute atomic E-state index is 0.190. The molecule has 0 saturated carbocycles. The molecule has 0 aliphatic carbocycles. The molecule has 0 amide bonds. The quantitative estimate of drug-likeness (QED) is 0.0362. The summed E-state index contributed by atoms with van der Waals surface area (Å²) in [4.78, 5) is 34.2. The van der Waals surface area contributed by atoms with E-state index in [-0.39, 0.29) is 19.4 Å². The van der Waals surface area contributed by atoms with Crippen molar-refractivity contribution in [3.05, 3.63) is 0 Å².